The van der Waals surface area contributed by atoms with Gasteiger partial charge in [-0.05, 0) is 24.6 Å². The normalized spacial score (nSPS) is 11.2. The van der Waals surface area contributed by atoms with Crippen molar-refractivity contribution in [3.8, 4) is 0 Å². The van der Waals surface area contributed by atoms with Crippen LogP contribution in [0.15, 0.2) is 34.8 Å². The van der Waals surface area contributed by atoms with Crippen LogP contribution in [0.5, 0.6) is 0 Å². The quantitative estimate of drug-likeness (QED) is 0.899. The first-order chi connectivity index (χ1) is 8.90. The number of aromatic carboxylic acids is 1. The molecule has 2 rings (SSSR count). The summed E-state index contributed by atoms with van der Waals surface area (Å²) in [5.74, 6) is -1.15. The third-order valence-electron chi connectivity index (χ3n) is 2.38. The summed E-state index contributed by atoms with van der Waals surface area (Å²) < 4.78 is 26.5. The second-order valence-corrected chi connectivity index (χ2v) is 6.34. The fourth-order valence-electron chi connectivity index (χ4n) is 1.35. The van der Waals surface area contributed by atoms with E-state index in [0.717, 1.165) is 23.0 Å². The van der Waals surface area contributed by atoms with E-state index in [-0.39, 0.29) is 9.77 Å². The Balaban J connectivity index is 2.32. The van der Waals surface area contributed by atoms with Gasteiger partial charge in [0.1, 0.15) is 4.88 Å². The molecule has 8 heteroatoms. The second-order valence-electron chi connectivity index (χ2n) is 3.75. The van der Waals surface area contributed by atoms with Crippen LogP contribution in [0.1, 0.15) is 15.2 Å². The van der Waals surface area contributed by atoms with Crippen molar-refractivity contribution in [2.75, 3.05) is 4.72 Å². The molecule has 2 N–H and O–H groups in total. The topological polar surface area (TPSA) is 96.4 Å². The molecule has 2 heterocycles. The lowest BCUT2D eigenvalue weighted by Gasteiger charge is -2.08. The van der Waals surface area contributed by atoms with Crippen LogP contribution in [-0.2, 0) is 10.0 Å². The summed E-state index contributed by atoms with van der Waals surface area (Å²) in [5.41, 5.74) is 1.10. The predicted molar refractivity (Wildman–Crippen MR) is 71.1 cm³/mol. The number of carbonyl (C=O) groups is 1. The summed E-state index contributed by atoms with van der Waals surface area (Å²) in [4.78, 5) is 14.5. The maximum Gasteiger partial charge on any atom is 0.345 e. The highest BCUT2D eigenvalue weighted by Gasteiger charge is 2.19. The number of hydrogen-bond donors (Lipinski definition) is 2. The van der Waals surface area contributed by atoms with Crippen molar-refractivity contribution in [2.45, 2.75) is 11.8 Å². The highest BCUT2D eigenvalue weighted by atomic mass is 32.2. The molecule has 2 aromatic heterocycles. The first-order valence-electron chi connectivity index (χ1n) is 5.15. The van der Waals surface area contributed by atoms with Gasteiger partial charge in [0.15, 0.2) is 0 Å². The zero-order valence-electron chi connectivity index (χ0n) is 9.82. The summed E-state index contributed by atoms with van der Waals surface area (Å²) in [5, 5.41) is 10.1. The van der Waals surface area contributed by atoms with E-state index in [0.29, 0.717) is 5.69 Å². The Hall–Kier alpha value is -1.93. The van der Waals surface area contributed by atoms with Crippen molar-refractivity contribution < 1.29 is 18.3 Å². The van der Waals surface area contributed by atoms with Gasteiger partial charge in [-0.15, -0.1) is 11.3 Å². The van der Waals surface area contributed by atoms with Crippen LogP contribution in [0.25, 0.3) is 0 Å². The Morgan fingerprint density at radius 2 is 2.21 bits per heavy atom. The number of pyridine rings is 1. The molecule has 0 aliphatic heterocycles. The van der Waals surface area contributed by atoms with E-state index < -0.39 is 16.0 Å². The van der Waals surface area contributed by atoms with Gasteiger partial charge in [-0.25, -0.2) is 13.2 Å². The number of rotatable bonds is 4. The summed E-state index contributed by atoms with van der Waals surface area (Å²) >= 11 is 0.865. The lowest BCUT2D eigenvalue weighted by atomic mass is 10.3. The minimum absolute atomic E-state index is 0.0247. The molecule has 0 radical (unpaired) electrons. The van der Waals surface area contributed by atoms with Gasteiger partial charge < -0.3 is 5.11 Å². The van der Waals surface area contributed by atoms with E-state index in [9.17, 15) is 13.2 Å². The molecule has 0 aliphatic carbocycles. The fraction of sp³-hybridized carbons (Fsp3) is 0.0909. The van der Waals surface area contributed by atoms with Gasteiger partial charge in [-0.3, -0.25) is 9.71 Å². The van der Waals surface area contributed by atoms with E-state index in [4.69, 9.17) is 5.11 Å². The molecule has 0 fully saturated rings. The number of aryl methyl sites for hydroxylation is 1. The van der Waals surface area contributed by atoms with Crippen LogP contribution in [0, 0.1) is 6.92 Å². The number of sulfonamides is 1. The molecule has 6 nitrogen and oxygen atoms in total. The smallest absolute Gasteiger partial charge is 0.345 e. The highest BCUT2D eigenvalue weighted by molar-refractivity contribution is 7.92. The molecule has 0 aliphatic rings. The average Bonchev–Trinajstić information content (AvgIpc) is 2.82. The van der Waals surface area contributed by atoms with Crippen molar-refractivity contribution in [2.24, 2.45) is 0 Å². The monoisotopic (exact) mass is 298 g/mol. The van der Waals surface area contributed by atoms with E-state index in [1.54, 1.807) is 19.2 Å². The Morgan fingerprint density at radius 3 is 2.79 bits per heavy atom. The van der Waals surface area contributed by atoms with Crippen molar-refractivity contribution >= 4 is 33.0 Å². The van der Waals surface area contributed by atoms with Crippen molar-refractivity contribution in [3.05, 3.63) is 40.3 Å². The maximum atomic E-state index is 12.1. The Labute approximate surface area is 113 Å². The summed E-state index contributed by atoms with van der Waals surface area (Å²) in [7, 11) is -3.79. The SMILES string of the molecule is Cc1ccncc1NS(=O)(=O)c1csc(C(=O)O)c1. The number of hydrogen-bond acceptors (Lipinski definition) is 5. The maximum absolute atomic E-state index is 12.1. The van der Waals surface area contributed by atoms with Gasteiger partial charge in [-0.2, -0.15) is 0 Å². The van der Waals surface area contributed by atoms with Crippen LogP contribution >= 0.6 is 11.3 Å². The molecule has 0 saturated carbocycles. The first-order valence-corrected chi connectivity index (χ1v) is 7.52. The van der Waals surface area contributed by atoms with E-state index in [2.05, 4.69) is 9.71 Å². The lowest BCUT2D eigenvalue weighted by Crippen LogP contribution is -2.13. The van der Waals surface area contributed by atoms with Crippen molar-refractivity contribution in [3.63, 3.8) is 0 Å². The molecule has 0 saturated heterocycles. The molecular weight excluding hydrogens is 288 g/mol. The minimum Gasteiger partial charge on any atom is -0.477 e. The molecular formula is C11H10N2O4S2. The summed E-state index contributed by atoms with van der Waals surface area (Å²) in [6, 6.07) is 2.80. The predicted octanol–water partition coefficient (Wildman–Crippen LogP) is 1.95. The molecule has 100 valence electrons. The van der Waals surface area contributed by atoms with Gasteiger partial charge >= 0.3 is 5.97 Å². The van der Waals surface area contributed by atoms with Gasteiger partial charge in [0.25, 0.3) is 10.0 Å². The number of carboxylic acids is 1. The average molecular weight is 298 g/mol. The van der Waals surface area contributed by atoms with Crippen LogP contribution in [0.2, 0.25) is 0 Å². The van der Waals surface area contributed by atoms with Gasteiger partial charge in [0.2, 0.25) is 0 Å². The van der Waals surface area contributed by atoms with Gasteiger partial charge in [0.05, 0.1) is 16.8 Å². The second kappa shape index (κ2) is 4.98. The molecule has 0 spiro atoms. The van der Waals surface area contributed by atoms with Crippen LogP contribution in [-0.4, -0.2) is 24.5 Å². The number of carboxylic acid groups (broad SMARTS) is 1. The van der Waals surface area contributed by atoms with Crippen LogP contribution in [0.3, 0.4) is 0 Å². The Morgan fingerprint density at radius 1 is 1.47 bits per heavy atom. The van der Waals surface area contributed by atoms with E-state index >= 15 is 0 Å². The van der Waals surface area contributed by atoms with Gasteiger partial charge in [-0.1, -0.05) is 0 Å². The standard InChI is InChI=1S/C11H10N2O4S2/c1-7-2-3-12-5-9(7)13-19(16,17)8-4-10(11(14)15)18-6-8/h2-6,13H,1H3,(H,14,15). The molecule has 2 aromatic rings. The minimum atomic E-state index is -3.79. The Bertz CT molecular complexity index is 722. The zero-order chi connectivity index (χ0) is 14.0. The zero-order valence-corrected chi connectivity index (χ0v) is 11.5. The van der Waals surface area contributed by atoms with Gasteiger partial charge in [0, 0.05) is 11.6 Å². The van der Waals surface area contributed by atoms with E-state index in [1.165, 1.54) is 11.6 Å². The lowest BCUT2D eigenvalue weighted by molar-refractivity contribution is 0.0702. The number of aromatic nitrogens is 1. The number of thiophene rings is 1. The summed E-state index contributed by atoms with van der Waals surface area (Å²) in [6.07, 6.45) is 2.96. The highest BCUT2D eigenvalue weighted by Crippen LogP contribution is 2.23. The summed E-state index contributed by atoms with van der Waals surface area (Å²) in [6.45, 7) is 1.75. The molecule has 0 aromatic carbocycles. The molecule has 0 atom stereocenters. The molecule has 0 unspecified atom stereocenters. The number of nitrogens with one attached hydrogen (secondary N) is 1. The Kier molecular flexibility index (Phi) is 3.54. The third-order valence-corrected chi connectivity index (χ3v) is 4.79. The molecule has 0 bridgehead atoms. The van der Waals surface area contributed by atoms with Crippen LogP contribution < -0.4 is 4.72 Å². The molecule has 19 heavy (non-hydrogen) atoms. The molecule has 0 amide bonds. The van der Waals surface area contributed by atoms with E-state index in [1.807, 2.05) is 0 Å². The first kappa shape index (κ1) is 13.5. The third kappa shape index (κ3) is 2.91. The fourth-order valence-corrected chi connectivity index (χ4v) is 3.57. The van der Waals surface area contributed by atoms with Crippen molar-refractivity contribution in [1.82, 2.24) is 4.98 Å². The largest absolute Gasteiger partial charge is 0.477 e. The number of nitrogens with zero attached hydrogens (tertiary/aromatic N) is 1. The van der Waals surface area contributed by atoms with Crippen LogP contribution in [0.4, 0.5) is 5.69 Å². The number of anilines is 1. The van der Waals surface area contributed by atoms with Crippen molar-refractivity contribution in [1.29, 1.82) is 0 Å².